The molecule has 3 aromatic rings. The number of fused-ring (bicyclic) bond motifs is 1. The molecule has 1 aromatic carbocycles. The number of aliphatic hydroxyl groups is 2. The molecule has 1 fully saturated rings. The number of hydrogen-bond acceptors (Lipinski definition) is 8. The van der Waals surface area contributed by atoms with Crippen molar-refractivity contribution in [3.05, 3.63) is 62.4 Å². The third kappa shape index (κ3) is 5.26. The van der Waals surface area contributed by atoms with Gasteiger partial charge in [0.1, 0.15) is 17.1 Å². The quantitative estimate of drug-likeness (QED) is 0.357. The molecule has 4 rings (SSSR count). The molecule has 0 radical (unpaired) electrons. The summed E-state index contributed by atoms with van der Waals surface area (Å²) in [4.78, 5) is 32.2. The van der Waals surface area contributed by atoms with Crippen LogP contribution < -0.4 is 10.3 Å². The average molecular weight is 537 g/mol. The summed E-state index contributed by atoms with van der Waals surface area (Å²) in [6, 6.07) is 2.70. The molecule has 37 heavy (non-hydrogen) atoms. The Bertz CT molecular complexity index is 1390. The minimum Gasteiger partial charge on any atom is -0.506 e. The van der Waals surface area contributed by atoms with Gasteiger partial charge in [0, 0.05) is 56.4 Å². The Morgan fingerprint density at radius 2 is 1.78 bits per heavy atom. The van der Waals surface area contributed by atoms with E-state index in [0.29, 0.717) is 73.0 Å². The minimum absolute atomic E-state index is 0. The molecule has 0 aliphatic carbocycles. The van der Waals surface area contributed by atoms with Gasteiger partial charge in [-0.25, -0.2) is 9.18 Å². The second-order valence-corrected chi connectivity index (χ2v) is 8.81. The lowest BCUT2D eigenvalue weighted by molar-refractivity contribution is 0.0694. The van der Waals surface area contributed by atoms with Crippen LogP contribution in [0.15, 0.2) is 23.1 Å². The normalized spacial score (nSPS) is 14.1. The van der Waals surface area contributed by atoms with E-state index in [1.54, 1.807) is 17.6 Å². The number of aliphatic hydroxyl groups excluding tert-OH is 2. The first-order valence-electron chi connectivity index (χ1n) is 11.7. The molecule has 0 saturated carbocycles. The maximum absolute atomic E-state index is 15.1. The van der Waals surface area contributed by atoms with Crippen LogP contribution in [0.25, 0.3) is 10.9 Å². The molecule has 3 heterocycles. The van der Waals surface area contributed by atoms with Gasteiger partial charge in [-0.15, -0.1) is 12.4 Å². The number of carboxylic acid groups (broad SMARTS) is 1. The number of rotatable bonds is 7. The second kappa shape index (κ2) is 11.4. The van der Waals surface area contributed by atoms with E-state index >= 15 is 4.39 Å². The Hall–Kier alpha value is -3.25. The molecule has 0 bridgehead atoms. The third-order valence-electron chi connectivity index (χ3n) is 6.77. The number of benzene rings is 1. The summed E-state index contributed by atoms with van der Waals surface area (Å²) in [6.07, 6.45) is 1.29. The number of aromatic nitrogens is 2. The van der Waals surface area contributed by atoms with Crippen LogP contribution in [0.2, 0.25) is 0 Å². The molecule has 0 unspecified atom stereocenters. The predicted molar refractivity (Wildman–Crippen MR) is 138 cm³/mol. The van der Waals surface area contributed by atoms with Crippen molar-refractivity contribution in [3.8, 4) is 5.75 Å². The highest BCUT2D eigenvalue weighted by Crippen LogP contribution is 2.30. The zero-order chi connectivity index (χ0) is 26.1. The molecule has 10 nitrogen and oxygen atoms in total. The Balaban J connectivity index is 0.00000380. The molecular formula is C25H30ClFN4O6. The first kappa shape index (κ1) is 28.3. The third-order valence-corrected chi connectivity index (χ3v) is 6.77. The summed E-state index contributed by atoms with van der Waals surface area (Å²) in [7, 11) is 0. The lowest BCUT2D eigenvalue weighted by Gasteiger charge is -2.37. The molecule has 4 N–H and O–H groups in total. The molecule has 2 aromatic heterocycles. The summed E-state index contributed by atoms with van der Waals surface area (Å²) in [5.41, 5.74) is 1.34. The van der Waals surface area contributed by atoms with Gasteiger partial charge in [0.2, 0.25) is 5.43 Å². The maximum atomic E-state index is 15.1. The van der Waals surface area contributed by atoms with Gasteiger partial charge in [-0.05, 0) is 31.5 Å². The lowest BCUT2D eigenvalue weighted by Crippen LogP contribution is -2.46. The molecule has 0 spiro atoms. The van der Waals surface area contributed by atoms with Crippen molar-refractivity contribution in [2.75, 3.05) is 31.1 Å². The number of carboxylic acids is 1. The monoisotopic (exact) mass is 536 g/mol. The number of hydrogen-bond donors (Lipinski definition) is 4. The topological polar surface area (TPSA) is 139 Å². The fraction of sp³-hybridized carbons (Fsp3) is 0.400. The number of anilines is 1. The molecular weight excluding hydrogens is 507 g/mol. The van der Waals surface area contributed by atoms with Gasteiger partial charge < -0.3 is 29.9 Å². The predicted octanol–water partition coefficient (Wildman–Crippen LogP) is 2.00. The van der Waals surface area contributed by atoms with Crippen LogP contribution in [0.5, 0.6) is 5.75 Å². The van der Waals surface area contributed by atoms with E-state index in [1.165, 1.54) is 6.20 Å². The van der Waals surface area contributed by atoms with Crippen molar-refractivity contribution in [3.63, 3.8) is 0 Å². The molecule has 1 saturated heterocycles. The van der Waals surface area contributed by atoms with Crippen molar-refractivity contribution in [1.82, 2.24) is 14.5 Å². The maximum Gasteiger partial charge on any atom is 0.341 e. The number of aromatic carboxylic acids is 1. The SMILES string of the molecule is CCn1cc(C(=O)O)c(=O)c2cc(F)c(N3CCN(Cc4c(CO)nc(C)c(O)c4CO)CC3)cc21.Cl. The zero-order valence-electron chi connectivity index (χ0n) is 20.6. The van der Waals surface area contributed by atoms with Crippen LogP contribution in [0.3, 0.4) is 0 Å². The number of nitrogens with zero attached hydrogens (tertiary/aromatic N) is 4. The Morgan fingerprint density at radius 3 is 2.35 bits per heavy atom. The largest absolute Gasteiger partial charge is 0.506 e. The van der Waals surface area contributed by atoms with E-state index in [2.05, 4.69) is 9.88 Å². The highest BCUT2D eigenvalue weighted by molar-refractivity contribution is 5.93. The van der Waals surface area contributed by atoms with Crippen LogP contribution in [-0.2, 0) is 26.3 Å². The van der Waals surface area contributed by atoms with E-state index in [9.17, 15) is 30.0 Å². The van der Waals surface area contributed by atoms with Gasteiger partial charge in [0.15, 0.2) is 0 Å². The van der Waals surface area contributed by atoms with Crippen molar-refractivity contribution in [2.24, 2.45) is 0 Å². The van der Waals surface area contributed by atoms with Gasteiger partial charge in [-0.1, -0.05) is 0 Å². The number of piperazine rings is 1. The van der Waals surface area contributed by atoms with Crippen LogP contribution >= 0.6 is 12.4 Å². The van der Waals surface area contributed by atoms with E-state index in [0.717, 1.165) is 6.07 Å². The molecule has 1 aliphatic heterocycles. The van der Waals surface area contributed by atoms with Gasteiger partial charge in [-0.3, -0.25) is 14.7 Å². The number of pyridine rings is 2. The van der Waals surface area contributed by atoms with Crippen molar-refractivity contribution in [1.29, 1.82) is 0 Å². The number of aryl methyl sites for hydroxylation is 2. The minimum atomic E-state index is -1.35. The van der Waals surface area contributed by atoms with Gasteiger partial charge >= 0.3 is 5.97 Å². The standard InChI is InChI=1S/C25H29FN4O6.ClH/c1-3-29-11-17(25(35)36)24(34)15-8-19(26)22(9-21(15)29)30-6-4-28(5-7-30)10-16-18(12-31)23(33)14(2)27-20(16)13-32;/h8-9,11,31-33H,3-7,10,12-13H2,1-2H3,(H,35,36);1H. The summed E-state index contributed by atoms with van der Waals surface area (Å²) < 4.78 is 16.8. The molecule has 0 amide bonds. The highest BCUT2D eigenvalue weighted by atomic mass is 35.5. The van der Waals surface area contributed by atoms with E-state index in [4.69, 9.17) is 0 Å². The first-order valence-corrected chi connectivity index (χ1v) is 11.7. The summed E-state index contributed by atoms with van der Waals surface area (Å²) in [5, 5.41) is 39.2. The van der Waals surface area contributed by atoms with E-state index in [1.807, 2.05) is 11.8 Å². The summed E-state index contributed by atoms with van der Waals surface area (Å²) in [6.45, 7) is 5.50. The fourth-order valence-corrected chi connectivity index (χ4v) is 4.77. The van der Waals surface area contributed by atoms with E-state index in [-0.39, 0.29) is 36.8 Å². The van der Waals surface area contributed by atoms with Crippen LogP contribution in [0, 0.1) is 12.7 Å². The van der Waals surface area contributed by atoms with Crippen LogP contribution in [-0.4, -0.2) is 67.0 Å². The van der Waals surface area contributed by atoms with Crippen molar-refractivity contribution < 1.29 is 29.6 Å². The van der Waals surface area contributed by atoms with Crippen LogP contribution in [0.1, 0.15) is 39.8 Å². The Morgan fingerprint density at radius 1 is 1.11 bits per heavy atom. The van der Waals surface area contributed by atoms with Crippen LogP contribution in [0.4, 0.5) is 10.1 Å². The summed E-state index contributed by atoms with van der Waals surface area (Å²) >= 11 is 0. The smallest absolute Gasteiger partial charge is 0.341 e. The highest BCUT2D eigenvalue weighted by Gasteiger charge is 2.25. The summed E-state index contributed by atoms with van der Waals surface area (Å²) in [5.74, 6) is -2.04. The second-order valence-electron chi connectivity index (χ2n) is 8.81. The molecule has 0 atom stereocenters. The number of aromatic hydroxyl groups is 1. The first-order chi connectivity index (χ1) is 17.2. The average Bonchev–Trinajstić information content (AvgIpc) is 2.87. The fourth-order valence-electron chi connectivity index (χ4n) is 4.77. The zero-order valence-corrected chi connectivity index (χ0v) is 21.4. The van der Waals surface area contributed by atoms with Crippen molar-refractivity contribution in [2.45, 2.75) is 40.2 Å². The van der Waals surface area contributed by atoms with Gasteiger partial charge in [0.05, 0.1) is 35.8 Å². The Labute approximate surface area is 218 Å². The van der Waals surface area contributed by atoms with Gasteiger partial charge in [0.25, 0.3) is 0 Å². The van der Waals surface area contributed by atoms with Crippen molar-refractivity contribution >= 4 is 35.0 Å². The lowest BCUT2D eigenvalue weighted by atomic mass is 10.0. The number of carbonyl (C=O) groups is 1. The molecule has 1 aliphatic rings. The van der Waals surface area contributed by atoms with E-state index < -0.39 is 22.8 Å². The molecule has 12 heteroatoms. The van der Waals surface area contributed by atoms with Gasteiger partial charge in [-0.2, -0.15) is 0 Å². The molecule has 200 valence electrons. The Kier molecular flexibility index (Phi) is 8.75. The number of halogens is 2.